The third kappa shape index (κ3) is 6.48. The second-order valence-electron chi connectivity index (χ2n) is 4.70. The molecule has 0 amide bonds. The molecule has 2 atom stereocenters. The van der Waals surface area contributed by atoms with Crippen molar-refractivity contribution in [3.8, 4) is 0 Å². The minimum Gasteiger partial charge on any atom is -0.370 e. The van der Waals surface area contributed by atoms with E-state index in [2.05, 4.69) is 30.9 Å². The second-order valence-corrected chi connectivity index (χ2v) is 7.08. The maximum Gasteiger partial charge on any atom is 0.231 e. The molecule has 0 aromatic carbocycles. The summed E-state index contributed by atoms with van der Waals surface area (Å²) in [7, 11) is 3.33. The zero-order valence-corrected chi connectivity index (χ0v) is 15.7. The van der Waals surface area contributed by atoms with E-state index in [0.717, 1.165) is 18.1 Å². The van der Waals surface area contributed by atoms with Gasteiger partial charge in [-0.1, -0.05) is 0 Å². The molecule has 0 saturated carbocycles. The average Bonchev–Trinajstić information content (AvgIpc) is 2.61. The van der Waals surface area contributed by atoms with E-state index in [1.807, 2.05) is 6.92 Å². The lowest BCUT2D eigenvalue weighted by molar-refractivity contribution is 0.138. The highest BCUT2D eigenvalue weighted by atomic mass is 32.2. The fourth-order valence-electron chi connectivity index (χ4n) is 1.81. The first-order valence-corrected chi connectivity index (χ1v) is 9.69. The van der Waals surface area contributed by atoms with Crippen molar-refractivity contribution in [1.82, 2.24) is 15.0 Å². The minimum absolute atomic E-state index is 0.134. The Labute approximate surface area is 150 Å². The second kappa shape index (κ2) is 10.8. The number of nitrogens with one attached hydrogen (secondary N) is 3. The Bertz CT molecular complexity index is 491. The van der Waals surface area contributed by atoms with Gasteiger partial charge in [0, 0.05) is 32.3 Å². The number of hydrogen-bond acceptors (Lipinski definition) is 11. The lowest BCUT2D eigenvalue weighted by atomic mass is 10.7. The average molecular weight is 377 g/mol. The van der Waals surface area contributed by atoms with E-state index >= 15 is 0 Å². The van der Waals surface area contributed by atoms with Gasteiger partial charge in [-0.3, -0.25) is 0 Å². The van der Waals surface area contributed by atoms with Gasteiger partial charge >= 0.3 is 0 Å². The summed E-state index contributed by atoms with van der Waals surface area (Å²) in [6.07, 6.45) is 0. The molecule has 0 radical (unpaired) electrons. The molecular formula is C13H24N6O3S2. The van der Waals surface area contributed by atoms with Crippen LogP contribution < -0.4 is 16.0 Å². The number of ether oxygens (including phenoxy) is 3. The van der Waals surface area contributed by atoms with E-state index in [4.69, 9.17) is 14.2 Å². The predicted octanol–water partition coefficient (Wildman–Crippen LogP) is 1.48. The van der Waals surface area contributed by atoms with Crippen LogP contribution in [0.2, 0.25) is 0 Å². The summed E-state index contributed by atoms with van der Waals surface area (Å²) in [6.45, 7) is 3.35. The van der Waals surface area contributed by atoms with E-state index < -0.39 is 0 Å². The lowest BCUT2D eigenvalue weighted by Crippen LogP contribution is -2.26. The van der Waals surface area contributed by atoms with Crippen molar-refractivity contribution in [1.29, 1.82) is 0 Å². The van der Waals surface area contributed by atoms with Gasteiger partial charge < -0.3 is 30.2 Å². The molecule has 1 saturated heterocycles. The predicted molar refractivity (Wildman–Crippen MR) is 98.6 cm³/mol. The summed E-state index contributed by atoms with van der Waals surface area (Å²) < 4.78 is 16.1. The summed E-state index contributed by atoms with van der Waals surface area (Å²) in [6, 6.07) is 0. The van der Waals surface area contributed by atoms with Gasteiger partial charge in [0.05, 0.1) is 0 Å². The molecule has 1 aromatic rings. The number of rotatable bonds is 10. The summed E-state index contributed by atoms with van der Waals surface area (Å²) in [5, 5.41) is 9.10. The number of anilines is 3. The Morgan fingerprint density at radius 2 is 1.50 bits per heavy atom. The van der Waals surface area contributed by atoms with Crippen LogP contribution in [-0.2, 0) is 14.2 Å². The molecule has 9 nitrogen and oxygen atoms in total. The van der Waals surface area contributed by atoms with Gasteiger partial charge in [0.25, 0.3) is 0 Å². The summed E-state index contributed by atoms with van der Waals surface area (Å²) >= 11 is 3.52. The highest BCUT2D eigenvalue weighted by Crippen LogP contribution is 2.30. The number of aromatic nitrogens is 3. The van der Waals surface area contributed by atoms with Crippen LogP contribution in [0.3, 0.4) is 0 Å². The molecule has 1 aliphatic rings. The van der Waals surface area contributed by atoms with Crippen LogP contribution in [0.5, 0.6) is 0 Å². The van der Waals surface area contributed by atoms with Crippen molar-refractivity contribution >= 4 is 41.4 Å². The fourth-order valence-corrected chi connectivity index (χ4v) is 4.32. The molecule has 1 fully saturated rings. The molecule has 11 heteroatoms. The zero-order chi connectivity index (χ0) is 17.2. The highest BCUT2D eigenvalue weighted by molar-refractivity contribution is 8.06. The van der Waals surface area contributed by atoms with Crippen molar-refractivity contribution in [3.63, 3.8) is 0 Å². The quantitative estimate of drug-likeness (QED) is 0.517. The van der Waals surface area contributed by atoms with E-state index in [9.17, 15) is 0 Å². The Morgan fingerprint density at radius 3 is 2.04 bits per heavy atom. The van der Waals surface area contributed by atoms with E-state index in [0.29, 0.717) is 31.3 Å². The number of nitrogens with zero attached hydrogens (tertiary/aromatic N) is 3. The number of methoxy groups -OCH3 is 2. The van der Waals surface area contributed by atoms with Crippen molar-refractivity contribution in [3.05, 3.63) is 0 Å². The Balaban J connectivity index is 1.83. The summed E-state index contributed by atoms with van der Waals surface area (Å²) in [4.78, 5) is 12.8. The Hall–Kier alpha value is -1.01. The normalized spacial score (nSPS) is 20.6. The lowest BCUT2D eigenvalue weighted by Gasteiger charge is -2.26. The van der Waals surface area contributed by atoms with Crippen molar-refractivity contribution in [2.24, 2.45) is 0 Å². The van der Waals surface area contributed by atoms with Gasteiger partial charge in [-0.25, -0.2) is 0 Å². The maximum absolute atomic E-state index is 5.81. The van der Waals surface area contributed by atoms with Crippen molar-refractivity contribution in [2.45, 2.75) is 17.8 Å². The topological polar surface area (TPSA) is 102 Å². The minimum atomic E-state index is 0.134. The van der Waals surface area contributed by atoms with Gasteiger partial charge in [-0.15, -0.1) is 23.5 Å². The first-order chi connectivity index (χ1) is 11.7. The van der Waals surface area contributed by atoms with Crippen LogP contribution in [0.15, 0.2) is 0 Å². The standard InChI is InChI=1S/C13H24N6O3S2/c1-4-14-11-17-12(15-7-20-2)19-13(18-11)16-8-22-10-6-23-9(21-3)5-24-10/h9-10H,4-8H2,1-3H3,(H3,14,15,16,17,18,19). The number of thioether (sulfide) groups is 2. The van der Waals surface area contributed by atoms with Crippen molar-refractivity contribution in [2.75, 3.05) is 61.7 Å². The maximum atomic E-state index is 5.81. The van der Waals surface area contributed by atoms with Crippen LogP contribution in [-0.4, -0.2) is 71.6 Å². The first kappa shape index (κ1) is 19.3. The summed E-state index contributed by atoms with van der Waals surface area (Å²) in [5.41, 5.74) is 0.387. The van der Waals surface area contributed by atoms with Crippen LogP contribution in [0, 0.1) is 0 Å². The van der Waals surface area contributed by atoms with Gasteiger partial charge in [-0.2, -0.15) is 15.0 Å². The van der Waals surface area contributed by atoms with E-state index in [1.54, 1.807) is 37.7 Å². The summed E-state index contributed by atoms with van der Waals surface area (Å²) in [5.74, 6) is 3.20. The van der Waals surface area contributed by atoms with Gasteiger partial charge in [0.2, 0.25) is 17.8 Å². The third-order valence-corrected chi connectivity index (χ3v) is 5.76. The van der Waals surface area contributed by atoms with Gasteiger partial charge in [-0.05, 0) is 6.92 Å². The molecule has 0 aliphatic carbocycles. The van der Waals surface area contributed by atoms with E-state index in [1.165, 1.54) is 0 Å². The SMILES string of the molecule is CCNc1nc(NCOC)nc(NCOC2CSC(OC)CS2)n1. The fraction of sp³-hybridized carbons (Fsp3) is 0.769. The van der Waals surface area contributed by atoms with Crippen LogP contribution in [0.25, 0.3) is 0 Å². The zero-order valence-electron chi connectivity index (χ0n) is 14.1. The molecule has 1 aliphatic heterocycles. The molecule has 24 heavy (non-hydrogen) atoms. The third-order valence-electron chi connectivity index (χ3n) is 2.94. The first-order valence-electron chi connectivity index (χ1n) is 7.59. The smallest absolute Gasteiger partial charge is 0.231 e. The highest BCUT2D eigenvalue weighted by Gasteiger charge is 2.22. The molecule has 0 bridgehead atoms. The van der Waals surface area contributed by atoms with Crippen LogP contribution >= 0.6 is 23.5 Å². The molecule has 2 unspecified atom stereocenters. The molecule has 2 heterocycles. The molecule has 0 spiro atoms. The molecule has 2 rings (SSSR count). The number of hydrogen-bond donors (Lipinski definition) is 3. The molecular weight excluding hydrogens is 352 g/mol. The van der Waals surface area contributed by atoms with Gasteiger partial charge in [0.15, 0.2) is 0 Å². The largest absolute Gasteiger partial charge is 0.370 e. The monoisotopic (exact) mass is 376 g/mol. The molecule has 136 valence electrons. The van der Waals surface area contributed by atoms with E-state index in [-0.39, 0.29) is 10.9 Å². The Kier molecular flexibility index (Phi) is 8.67. The van der Waals surface area contributed by atoms with Crippen LogP contribution in [0.1, 0.15) is 6.92 Å². The molecule has 1 aromatic heterocycles. The molecule has 3 N–H and O–H groups in total. The van der Waals surface area contributed by atoms with Gasteiger partial charge in [0.1, 0.15) is 24.3 Å². The van der Waals surface area contributed by atoms with Crippen molar-refractivity contribution < 1.29 is 14.2 Å². The van der Waals surface area contributed by atoms with Crippen LogP contribution in [0.4, 0.5) is 17.8 Å². The Morgan fingerprint density at radius 1 is 0.917 bits per heavy atom.